The molecule has 0 radical (unpaired) electrons. The standard InChI is InChI=1S/C16H22N6O2.C15H20N6O2.2C14H18N6O2.C13H16N6O2.C10H12N6O2.C9H10N6O2/c1-21(2)15-18-14(19-16(20-15)22(3)4)17-9-8-11-6-5-7-12-13(11)24-10-23-12;1-20(2)14-17-13(16)18-15(19-14)21(3)8-7-10-5-4-6-11-12(10)23-9-22-11;1-19(2)13-16-12(15)17-14(18-13)20(3)7-9-5-4-6-10-11(9)22-8-21-10;1-20(2)14-18-12(15)17-13(19-14)16-7-6-9-4-3-5-10-11(9)22-8-21-10;1-18(2)12-15-11(14)16-13(17-12)19(3)8-5-4-6-9-10(8)21-7-20-9;1-16(5-2-3-6(17)7(18)4-5)10-14-8(11)13-9(12)15-10;10-7-13-8(11)15-9(14-7)12-4-1-2-5(16)6(17)3-4/h5-7H,8-10H2,1-4H3,(H,17,18,19,20);4-6H,7-9H2,1-3H3,(H2,16,17,18,19);4-6H,7-8H2,1-3H3,(H2,15,16,17,18);3-5H,6-8H2,1-2H3,(H3,15,16,17,18,19);4-6H,7H2,1-3H3,(H2,14,15,16,17);2-4,17-18H,1H3,(H4,11,12,13,14,15);1-3,16-17H,(H5,10,11,12,13,14,15). The Bertz CT molecular complexity index is 6800. The minimum Gasteiger partial charge on any atom is -0.504 e. The van der Waals surface area contributed by atoms with Crippen LogP contribution in [0.25, 0.3) is 0 Å². The van der Waals surface area contributed by atoms with Crippen molar-refractivity contribution in [3.63, 3.8) is 0 Å². The second kappa shape index (κ2) is 48.2. The Hall–Kier alpha value is -19.4. The lowest BCUT2D eigenvalue weighted by Crippen LogP contribution is -2.25. The first kappa shape index (κ1) is 105. The number of nitrogens with zero attached hydrogens (tertiary/aromatic N) is 31. The number of likely N-dealkylation sites (N-methyl/N-ethyl adjacent to an activating group) is 1. The lowest BCUT2D eigenvalue weighted by atomic mass is 10.1. The molecule has 5 aliphatic heterocycles. The molecule has 0 bridgehead atoms. The number of anilines is 24. The van der Waals surface area contributed by atoms with Gasteiger partial charge in [-0.3, -0.25) is 0 Å². The van der Waals surface area contributed by atoms with Gasteiger partial charge in [0.25, 0.3) is 0 Å². The normalized spacial score (nSPS) is 11.8. The first-order chi connectivity index (χ1) is 70.3. The van der Waals surface area contributed by atoms with Crippen LogP contribution in [-0.4, -0.2) is 291 Å². The van der Waals surface area contributed by atoms with E-state index >= 15 is 0 Å². The highest BCUT2D eigenvalue weighted by Crippen LogP contribution is 2.44. The largest absolute Gasteiger partial charge is 0.504 e. The fourth-order valence-electron chi connectivity index (χ4n) is 13.6. The Morgan fingerprint density at radius 2 is 0.571 bits per heavy atom. The monoisotopic (exact) mass is 2020 g/mol. The quantitative estimate of drug-likeness (QED) is 0.0222. The zero-order valence-electron chi connectivity index (χ0n) is 83.5. The summed E-state index contributed by atoms with van der Waals surface area (Å²) in [7, 11) is 29.8. The molecule has 56 heteroatoms. The number of nitrogens with one attached hydrogen (secondary N) is 3. The van der Waals surface area contributed by atoms with Crippen LogP contribution in [0.3, 0.4) is 0 Å². The Balaban J connectivity index is 0.000000144. The predicted molar refractivity (Wildman–Crippen MR) is 555 cm³/mol. The molecule has 12 heterocycles. The van der Waals surface area contributed by atoms with E-state index in [1.807, 2.05) is 216 Å². The predicted octanol–water partition coefficient (Wildman–Crippen LogP) is 5.52. The van der Waals surface area contributed by atoms with Gasteiger partial charge >= 0.3 is 0 Å². The SMILES string of the molecule is CN(C)c1nc(N)nc(N(C)CCc2cccc3c2OCO3)n1.CN(C)c1nc(N)nc(N(C)Cc2cccc3c2OCO3)n1.CN(C)c1nc(N)nc(N(C)c2cccc3c2OCO3)n1.CN(C)c1nc(N)nc(NCCc2cccc3c2OCO3)n1.CN(C)c1nc(NCCc2cccc3c2OCO3)nc(N(C)C)n1.CN(c1ccc(O)c(O)c1)c1nc(N)nc(N)n1.Nc1nc(N)nc(Nc2ccc(O)c(O)c2)n1. The van der Waals surface area contributed by atoms with Crippen molar-refractivity contribution in [1.29, 1.82) is 0 Å². The number of nitrogens with two attached hydrogens (primary N) is 8. The van der Waals surface area contributed by atoms with Crippen LogP contribution in [0.15, 0.2) is 127 Å². The van der Waals surface area contributed by atoms with Crippen molar-refractivity contribution < 1.29 is 67.8 Å². The number of fused-ring (bicyclic) bond motifs is 5. The zero-order chi connectivity index (χ0) is 105. The average Bonchev–Trinajstić information content (AvgIpc) is 1.72. The summed E-state index contributed by atoms with van der Waals surface area (Å²) < 4.78 is 54.5. The van der Waals surface area contributed by atoms with Gasteiger partial charge in [-0.15, -0.1) is 0 Å². The minimum atomic E-state index is -0.259. The van der Waals surface area contributed by atoms with Gasteiger partial charge in [0.2, 0.25) is 159 Å². The Morgan fingerprint density at radius 1 is 0.265 bits per heavy atom. The van der Waals surface area contributed by atoms with Crippen LogP contribution in [0.5, 0.6) is 80.5 Å². The first-order valence-corrected chi connectivity index (χ1v) is 44.8. The fourth-order valence-corrected chi connectivity index (χ4v) is 13.6. The van der Waals surface area contributed by atoms with E-state index in [4.69, 9.17) is 98.3 Å². The van der Waals surface area contributed by atoms with Gasteiger partial charge in [0, 0.05) is 168 Å². The number of hydrogen-bond donors (Lipinski definition) is 15. The van der Waals surface area contributed by atoms with E-state index in [2.05, 4.69) is 121 Å². The van der Waals surface area contributed by atoms with Crippen molar-refractivity contribution in [3.8, 4) is 80.5 Å². The number of benzene rings is 7. The van der Waals surface area contributed by atoms with Crippen molar-refractivity contribution in [2.75, 3.05) is 277 Å². The summed E-state index contributed by atoms with van der Waals surface area (Å²) in [6.07, 6.45) is 2.33. The van der Waals surface area contributed by atoms with Crippen LogP contribution in [0, 0.1) is 0 Å². The Kier molecular flexibility index (Phi) is 34.4. The molecular weight excluding hydrogens is 1910 g/mol. The molecule has 7 aromatic heterocycles. The number of ether oxygens (including phenoxy) is 10. The molecule has 19 rings (SSSR count). The van der Waals surface area contributed by atoms with Crippen molar-refractivity contribution in [2.24, 2.45) is 0 Å². The third kappa shape index (κ3) is 28.3. The molecule has 0 atom stereocenters. The van der Waals surface area contributed by atoms with E-state index in [0.717, 1.165) is 99.7 Å². The van der Waals surface area contributed by atoms with Crippen LogP contribution in [0.1, 0.15) is 22.3 Å². The molecule has 23 N–H and O–H groups in total. The third-order valence-corrected chi connectivity index (χ3v) is 20.9. The van der Waals surface area contributed by atoms with Crippen LogP contribution in [-0.2, 0) is 25.8 Å². The van der Waals surface area contributed by atoms with Crippen LogP contribution >= 0.6 is 0 Å². The van der Waals surface area contributed by atoms with E-state index in [-0.39, 0.29) is 116 Å². The van der Waals surface area contributed by atoms with Crippen molar-refractivity contribution in [3.05, 3.63) is 150 Å². The summed E-state index contributed by atoms with van der Waals surface area (Å²) in [5, 5.41) is 46.3. The molecule has 147 heavy (non-hydrogen) atoms. The third-order valence-electron chi connectivity index (χ3n) is 20.9. The molecule has 0 fully saturated rings. The number of rotatable bonds is 27. The Morgan fingerprint density at radius 3 is 1.00 bits per heavy atom. The summed E-state index contributed by atoms with van der Waals surface area (Å²) in [5.74, 6) is 13.8. The second-order valence-corrected chi connectivity index (χ2v) is 33.2. The van der Waals surface area contributed by atoms with E-state index in [1.54, 1.807) is 42.5 Å². The molecule has 0 aliphatic carbocycles. The van der Waals surface area contributed by atoms with E-state index in [1.165, 1.54) is 30.3 Å². The van der Waals surface area contributed by atoms with Gasteiger partial charge in [0.1, 0.15) is 0 Å². The fraction of sp³-hybridized carbons (Fsp3) is 0.308. The van der Waals surface area contributed by atoms with Crippen molar-refractivity contribution in [1.82, 2.24) is 105 Å². The van der Waals surface area contributed by atoms with Crippen LogP contribution in [0.4, 0.5) is 142 Å². The topological polar surface area (TPSA) is 721 Å². The van der Waals surface area contributed by atoms with Crippen molar-refractivity contribution in [2.45, 2.75) is 25.8 Å². The smallest absolute Gasteiger partial charge is 0.236 e. The maximum absolute atomic E-state index is 9.43. The van der Waals surface area contributed by atoms with E-state index < -0.39 is 0 Å². The highest BCUT2D eigenvalue weighted by Gasteiger charge is 2.27. The second-order valence-electron chi connectivity index (χ2n) is 33.2. The summed E-state index contributed by atoms with van der Waals surface area (Å²) in [6, 6.07) is 37.6. The number of nitrogen functional groups attached to an aromatic ring is 8. The molecule has 14 aromatic rings. The number of para-hydroxylation sites is 5. The number of aromatic hydroxyl groups is 4. The van der Waals surface area contributed by atoms with Gasteiger partial charge in [-0.25, -0.2) is 0 Å². The molecular formula is C91H116N42O14. The van der Waals surface area contributed by atoms with Gasteiger partial charge in [-0.2, -0.15) is 105 Å². The average molecular weight is 2020 g/mol. The zero-order valence-corrected chi connectivity index (χ0v) is 83.5. The summed E-state index contributed by atoms with van der Waals surface area (Å²) in [4.78, 5) is 104. The van der Waals surface area contributed by atoms with E-state index in [9.17, 15) is 15.3 Å². The molecule has 56 nitrogen and oxygen atoms in total. The van der Waals surface area contributed by atoms with Crippen LogP contribution < -0.4 is 158 Å². The molecule has 0 saturated carbocycles. The van der Waals surface area contributed by atoms with Gasteiger partial charge in [-0.05, 0) is 96.6 Å². The number of aromatic nitrogens is 21. The van der Waals surface area contributed by atoms with Gasteiger partial charge in [-0.1, -0.05) is 54.6 Å². The van der Waals surface area contributed by atoms with Gasteiger partial charge in [0.05, 0.1) is 5.69 Å². The molecule has 0 unspecified atom stereocenters. The number of hydrogen-bond acceptors (Lipinski definition) is 56. The van der Waals surface area contributed by atoms with Crippen LogP contribution in [0.2, 0.25) is 0 Å². The lowest BCUT2D eigenvalue weighted by Gasteiger charge is -2.20. The van der Waals surface area contributed by atoms with Crippen molar-refractivity contribution >= 4 is 142 Å². The Labute approximate surface area is 843 Å². The molecule has 7 aromatic carbocycles. The first-order valence-electron chi connectivity index (χ1n) is 44.8. The molecule has 5 aliphatic rings. The summed E-state index contributed by atoms with van der Waals surface area (Å²) in [6.45, 7) is 3.92. The molecule has 0 spiro atoms. The molecule has 0 saturated heterocycles. The maximum atomic E-state index is 9.43. The van der Waals surface area contributed by atoms with E-state index in [0.29, 0.717) is 108 Å². The van der Waals surface area contributed by atoms with Gasteiger partial charge in [0.15, 0.2) is 80.5 Å². The molecule has 0 amide bonds. The minimum absolute atomic E-state index is 0.00681. The highest BCUT2D eigenvalue weighted by molar-refractivity contribution is 5.71. The maximum Gasteiger partial charge on any atom is 0.236 e. The summed E-state index contributed by atoms with van der Waals surface area (Å²) >= 11 is 0. The highest BCUT2D eigenvalue weighted by atomic mass is 16.7. The number of phenols is 4. The lowest BCUT2D eigenvalue weighted by molar-refractivity contribution is 0.173. The number of phenolic OH excluding ortho intramolecular Hbond substituents is 4. The van der Waals surface area contributed by atoms with Gasteiger partial charge < -0.3 is 179 Å². The summed E-state index contributed by atoms with van der Waals surface area (Å²) in [5.41, 5.74) is 50.8. The molecule has 774 valence electrons.